The van der Waals surface area contributed by atoms with Crippen molar-refractivity contribution in [2.75, 3.05) is 25.1 Å². The molecule has 1 N–H and O–H groups in total. The Morgan fingerprint density at radius 2 is 2.47 bits per heavy atom. The summed E-state index contributed by atoms with van der Waals surface area (Å²) in [5, 5.41) is 3.55. The molecule has 0 unspecified atom stereocenters. The Balaban J connectivity index is 2.22. The zero-order valence-electron chi connectivity index (χ0n) is 8.57. The number of nitrogens with one attached hydrogen (secondary N) is 1. The van der Waals surface area contributed by atoms with E-state index in [9.17, 15) is 4.79 Å². The van der Waals surface area contributed by atoms with E-state index < -0.39 is 0 Å². The summed E-state index contributed by atoms with van der Waals surface area (Å²) in [5.41, 5.74) is 0.551. The fourth-order valence-electron chi connectivity index (χ4n) is 1.06. The maximum absolute atomic E-state index is 11.5. The first kappa shape index (κ1) is 12.2. The molecule has 1 aromatic rings. The van der Waals surface area contributed by atoms with Crippen LogP contribution in [0.3, 0.4) is 0 Å². The Labute approximate surface area is 97.0 Å². The number of carbonyl (C=O) groups is 1. The summed E-state index contributed by atoms with van der Waals surface area (Å²) in [5.74, 6) is -0.127. The highest BCUT2D eigenvalue weighted by Gasteiger charge is 2.07. The van der Waals surface area contributed by atoms with Crippen LogP contribution in [0.1, 0.15) is 10.5 Å². The minimum atomic E-state index is -0.127. The van der Waals surface area contributed by atoms with Crippen LogP contribution < -0.4 is 5.32 Å². The molecule has 0 bridgehead atoms. The smallest absolute Gasteiger partial charge is 0.269 e. The molecule has 0 fully saturated rings. The highest BCUT2D eigenvalue weighted by molar-refractivity contribution is 9.09. The number of ether oxygens (including phenoxy) is 1. The van der Waals surface area contributed by atoms with Gasteiger partial charge in [-0.1, -0.05) is 15.9 Å². The van der Waals surface area contributed by atoms with E-state index in [-0.39, 0.29) is 5.91 Å². The van der Waals surface area contributed by atoms with Gasteiger partial charge in [-0.05, 0) is 0 Å². The average Bonchev–Trinajstić information content (AvgIpc) is 2.64. The van der Waals surface area contributed by atoms with Gasteiger partial charge in [0, 0.05) is 18.9 Å². The van der Waals surface area contributed by atoms with Crippen LogP contribution in [0, 0.1) is 0 Å². The number of hydrogen-bond donors (Lipinski definition) is 1. The van der Waals surface area contributed by atoms with Crippen molar-refractivity contribution in [2.24, 2.45) is 7.05 Å². The van der Waals surface area contributed by atoms with Gasteiger partial charge in [0.15, 0.2) is 0 Å². The van der Waals surface area contributed by atoms with Crippen molar-refractivity contribution in [2.45, 2.75) is 0 Å². The fourth-order valence-corrected chi connectivity index (χ4v) is 1.29. The van der Waals surface area contributed by atoms with Crippen LogP contribution >= 0.6 is 15.9 Å². The van der Waals surface area contributed by atoms with Crippen molar-refractivity contribution in [3.8, 4) is 0 Å². The number of hydrogen-bond acceptors (Lipinski definition) is 3. The van der Waals surface area contributed by atoms with Gasteiger partial charge >= 0.3 is 0 Å². The Morgan fingerprint density at radius 1 is 1.67 bits per heavy atom. The van der Waals surface area contributed by atoms with Crippen molar-refractivity contribution in [1.82, 2.24) is 14.9 Å². The van der Waals surface area contributed by atoms with Gasteiger partial charge in [0.25, 0.3) is 5.91 Å². The van der Waals surface area contributed by atoms with Crippen LogP contribution in [-0.2, 0) is 11.8 Å². The van der Waals surface area contributed by atoms with Crippen molar-refractivity contribution in [3.63, 3.8) is 0 Å². The molecule has 0 aliphatic rings. The third-order valence-corrected chi connectivity index (χ3v) is 2.13. The molecule has 5 nitrogen and oxygen atoms in total. The number of aromatic nitrogens is 2. The lowest BCUT2D eigenvalue weighted by atomic mass is 10.4. The van der Waals surface area contributed by atoms with E-state index in [0.717, 1.165) is 5.33 Å². The maximum atomic E-state index is 11.5. The molecule has 84 valence electrons. The summed E-state index contributed by atoms with van der Waals surface area (Å²) in [4.78, 5) is 15.4. The lowest BCUT2D eigenvalue weighted by Gasteiger charge is -2.05. The average molecular weight is 276 g/mol. The molecule has 1 heterocycles. The molecular formula is C9H14BrN3O2. The number of halogens is 1. The zero-order chi connectivity index (χ0) is 11.1. The standard InChI is InChI=1S/C9H14BrN3O2/c1-13-7-11-6-8(13)9(14)12-3-5-15-4-2-10/h6-7H,2-5H2,1H3,(H,12,14). The minimum absolute atomic E-state index is 0.127. The van der Waals surface area contributed by atoms with Crippen LogP contribution in [0.2, 0.25) is 0 Å². The molecule has 0 radical (unpaired) electrons. The van der Waals surface area contributed by atoms with Gasteiger partial charge in [0.2, 0.25) is 0 Å². The number of nitrogens with zero attached hydrogens (tertiary/aromatic N) is 2. The van der Waals surface area contributed by atoms with Gasteiger partial charge in [-0.15, -0.1) is 0 Å². The molecule has 0 atom stereocenters. The fraction of sp³-hybridized carbons (Fsp3) is 0.556. The van der Waals surface area contributed by atoms with Gasteiger partial charge in [0.1, 0.15) is 5.69 Å². The lowest BCUT2D eigenvalue weighted by Crippen LogP contribution is -2.28. The second-order valence-corrected chi connectivity index (χ2v) is 3.74. The van der Waals surface area contributed by atoms with E-state index in [1.165, 1.54) is 6.20 Å². The molecule has 6 heteroatoms. The largest absolute Gasteiger partial charge is 0.379 e. The molecule has 0 aliphatic heterocycles. The molecule has 0 spiro atoms. The molecule has 1 aromatic heterocycles. The number of aryl methyl sites for hydroxylation is 1. The van der Waals surface area contributed by atoms with E-state index in [1.54, 1.807) is 17.9 Å². The van der Waals surface area contributed by atoms with Crippen molar-refractivity contribution in [1.29, 1.82) is 0 Å². The molecule has 1 rings (SSSR count). The van der Waals surface area contributed by atoms with Gasteiger partial charge < -0.3 is 14.6 Å². The monoisotopic (exact) mass is 275 g/mol. The first-order valence-corrected chi connectivity index (χ1v) is 5.76. The summed E-state index contributed by atoms with van der Waals surface area (Å²) in [6.07, 6.45) is 3.13. The SMILES string of the molecule is Cn1cncc1C(=O)NCCOCCBr. The van der Waals surface area contributed by atoms with Crippen molar-refractivity contribution >= 4 is 21.8 Å². The van der Waals surface area contributed by atoms with Gasteiger partial charge in [-0.3, -0.25) is 4.79 Å². The second-order valence-electron chi connectivity index (χ2n) is 2.95. The molecule has 0 aliphatic carbocycles. The molecule has 1 amide bonds. The predicted molar refractivity (Wildman–Crippen MR) is 60.2 cm³/mol. The summed E-state index contributed by atoms with van der Waals surface area (Å²) in [6, 6.07) is 0. The first-order valence-electron chi connectivity index (χ1n) is 4.64. The number of amides is 1. The lowest BCUT2D eigenvalue weighted by molar-refractivity contribution is 0.0916. The van der Waals surface area contributed by atoms with E-state index in [1.807, 2.05) is 0 Å². The zero-order valence-corrected chi connectivity index (χ0v) is 10.2. The predicted octanol–water partition coefficient (Wildman–Crippen LogP) is 0.561. The van der Waals surface area contributed by atoms with E-state index >= 15 is 0 Å². The van der Waals surface area contributed by atoms with Crippen molar-refractivity contribution in [3.05, 3.63) is 18.2 Å². The Morgan fingerprint density at radius 3 is 3.07 bits per heavy atom. The van der Waals surface area contributed by atoms with E-state index in [4.69, 9.17) is 4.74 Å². The van der Waals surface area contributed by atoms with Crippen molar-refractivity contribution < 1.29 is 9.53 Å². The Hall–Kier alpha value is -0.880. The highest BCUT2D eigenvalue weighted by Crippen LogP contribution is 1.94. The summed E-state index contributed by atoms with van der Waals surface area (Å²) >= 11 is 3.25. The number of carbonyl (C=O) groups excluding carboxylic acids is 1. The molecule has 0 aromatic carbocycles. The first-order chi connectivity index (χ1) is 7.25. The summed E-state index contributed by atoms with van der Waals surface area (Å²) < 4.78 is 6.87. The molecule has 15 heavy (non-hydrogen) atoms. The normalized spacial score (nSPS) is 10.3. The Kier molecular flexibility index (Phi) is 5.34. The van der Waals surface area contributed by atoms with Gasteiger partial charge in [-0.2, -0.15) is 0 Å². The third kappa shape index (κ3) is 4.01. The number of rotatable bonds is 6. The van der Waals surface area contributed by atoms with E-state index in [2.05, 4.69) is 26.2 Å². The summed E-state index contributed by atoms with van der Waals surface area (Å²) in [7, 11) is 1.78. The van der Waals surface area contributed by atoms with Gasteiger partial charge in [0.05, 0.1) is 25.7 Å². The second kappa shape index (κ2) is 6.58. The Bertz CT molecular complexity index is 314. The van der Waals surface area contributed by atoms with E-state index in [0.29, 0.717) is 25.5 Å². The number of imidazole rings is 1. The van der Waals surface area contributed by atoms with Crippen LogP contribution in [-0.4, -0.2) is 40.5 Å². The molecular weight excluding hydrogens is 262 g/mol. The number of alkyl halides is 1. The topological polar surface area (TPSA) is 56.2 Å². The van der Waals surface area contributed by atoms with Crippen LogP contribution in [0.25, 0.3) is 0 Å². The third-order valence-electron chi connectivity index (χ3n) is 1.80. The highest BCUT2D eigenvalue weighted by atomic mass is 79.9. The van der Waals surface area contributed by atoms with Gasteiger partial charge in [-0.25, -0.2) is 4.98 Å². The quantitative estimate of drug-likeness (QED) is 0.610. The minimum Gasteiger partial charge on any atom is -0.379 e. The molecule has 0 saturated carbocycles. The maximum Gasteiger partial charge on any atom is 0.269 e. The molecule has 0 saturated heterocycles. The summed E-state index contributed by atoms with van der Waals surface area (Å²) in [6.45, 7) is 1.69. The van der Waals surface area contributed by atoms with Crippen LogP contribution in [0.15, 0.2) is 12.5 Å². The van der Waals surface area contributed by atoms with Crippen LogP contribution in [0.5, 0.6) is 0 Å². The van der Waals surface area contributed by atoms with Crippen LogP contribution in [0.4, 0.5) is 0 Å².